The Morgan fingerprint density at radius 1 is 1.31 bits per heavy atom. The number of anilines is 1. The summed E-state index contributed by atoms with van der Waals surface area (Å²) < 4.78 is 75.0. The van der Waals surface area contributed by atoms with E-state index in [-0.39, 0.29) is 41.3 Å². The number of hydrogen-bond donors (Lipinski definition) is 2. The number of carbonyl (C=O) groups excluding carboxylic acids is 1. The Hall–Kier alpha value is -2.77. The van der Waals surface area contributed by atoms with Gasteiger partial charge in [-0.05, 0) is 30.7 Å². The fourth-order valence-corrected chi connectivity index (χ4v) is 4.94. The number of nitrogens with one attached hydrogen (secondary N) is 1. The third-order valence-corrected chi connectivity index (χ3v) is 6.46. The maximum atomic E-state index is 12.9. The molecule has 32 heavy (non-hydrogen) atoms. The summed E-state index contributed by atoms with van der Waals surface area (Å²) >= 11 is 5.76. The van der Waals surface area contributed by atoms with Crippen LogP contribution in [0.25, 0.3) is 0 Å². The molecule has 0 unspecified atom stereocenters. The molecule has 14 heteroatoms. The summed E-state index contributed by atoms with van der Waals surface area (Å²) in [5, 5.41) is 9.68. The fourth-order valence-electron chi connectivity index (χ4n) is 3.52. The molecule has 2 N–H and O–H groups in total. The average molecular weight is 494 g/mol. The van der Waals surface area contributed by atoms with Crippen molar-refractivity contribution in [1.29, 1.82) is 0 Å². The minimum Gasteiger partial charge on any atom is -0.475 e. The first kappa shape index (κ1) is 22.4. The van der Waals surface area contributed by atoms with E-state index in [2.05, 4.69) is 14.4 Å². The highest BCUT2D eigenvalue weighted by atomic mass is 35.5. The van der Waals surface area contributed by atoms with Crippen molar-refractivity contribution in [2.45, 2.75) is 29.8 Å². The number of halogens is 4. The largest absolute Gasteiger partial charge is 0.573 e. The molecule has 2 aliphatic rings. The summed E-state index contributed by atoms with van der Waals surface area (Å²) in [6, 6.07) is 3.41. The maximum Gasteiger partial charge on any atom is 0.573 e. The van der Waals surface area contributed by atoms with Crippen molar-refractivity contribution < 1.29 is 41.0 Å². The number of aliphatic hydroxyl groups is 1. The summed E-state index contributed by atoms with van der Waals surface area (Å²) in [5.41, 5.74) is -0.253. The van der Waals surface area contributed by atoms with Crippen molar-refractivity contribution in [3.05, 3.63) is 41.0 Å². The van der Waals surface area contributed by atoms with E-state index in [0.717, 1.165) is 30.5 Å². The lowest BCUT2D eigenvalue weighted by molar-refractivity contribution is -0.275. The molecule has 4 rings (SSSR count). The number of rotatable bonds is 4. The van der Waals surface area contributed by atoms with Gasteiger partial charge in [0.1, 0.15) is 22.8 Å². The van der Waals surface area contributed by atoms with Crippen LogP contribution in [0.2, 0.25) is 5.02 Å². The molecule has 0 spiro atoms. The van der Waals surface area contributed by atoms with E-state index in [9.17, 15) is 31.5 Å². The van der Waals surface area contributed by atoms with Gasteiger partial charge < -0.3 is 19.5 Å². The van der Waals surface area contributed by atoms with Crippen LogP contribution in [0.4, 0.5) is 18.9 Å². The number of alkyl halides is 3. The van der Waals surface area contributed by atoms with Crippen LogP contribution >= 0.6 is 11.6 Å². The van der Waals surface area contributed by atoms with E-state index in [1.165, 1.54) is 4.90 Å². The molecule has 2 atom stereocenters. The molecule has 1 aromatic heterocycles. The SMILES string of the molecule is O=C1c2cc(NS(=O)(=O)c3cc(Cl)ccc3OC(F)(F)F)cnc2OC[C@H]2C[C@@H](O)CN12. The first-order chi connectivity index (χ1) is 14.9. The molecule has 1 saturated heterocycles. The van der Waals surface area contributed by atoms with Gasteiger partial charge in [-0.3, -0.25) is 9.52 Å². The average Bonchev–Trinajstić information content (AvgIpc) is 3.01. The Morgan fingerprint density at radius 2 is 2.06 bits per heavy atom. The van der Waals surface area contributed by atoms with Crippen molar-refractivity contribution in [3.8, 4) is 11.6 Å². The number of pyridine rings is 1. The molecule has 0 radical (unpaired) electrons. The van der Waals surface area contributed by atoms with E-state index in [0.29, 0.717) is 6.42 Å². The number of benzene rings is 1. The number of aromatic nitrogens is 1. The lowest BCUT2D eigenvalue weighted by Crippen LogP contribution is -2.37. The standard InChI is InChI=1S/C18H15ClF3N3O6S/c19-9-1-2-14(31-18(20,21)22)15(3-9)32(28,29)24-10-4-13-16(23-6-10)30-8-11-5-12(26)7-25(11)17(13)27/h1-4,6,11-12,24,26H,5,7-8H2/t11-,12-/m1/s1. The molecular weight excluding hydrogens is 479 g/mol. The number of carbonyl (C=O) groups is 1. The van der Waals surface area contributed by atoms with Crippen LogP contribution in [0.5, 0.6) is 11.6 Å². The molecule has 172 valence electrons. The highest BCUT2D eigenvalue weighted by Gasteiger charge is 2.39. The zero-order chi connectivity index (χ0) is 23.3. The third-order valence-electron chi connectivity index (χ3n) is 4.82. The first-order valence-electron chi connectivity index (χ1n) is 9.13. The van der Waals surface area contributed by atoms with Gasteiger partial charge in [0, 0.05) is 11.6 Å². The minimum atomic E-state index is -5.13. The van der Waals surface area contributed by atoms with Gasteiger partial charge in [-0.2, -0.15) is 0 Å². The molecule has 9 nitrogen and oxygen atoms in total. The number of hydrogen-bond acceptors (Lipinski definition) is 7. The molecule has 2 aromatic rings. The minimum absolute atomic E-state index is 0.0225. The molecular formula is C18H15ClF3N3O6S. The molecule has 1 fully saturated rings. The predicted octanol–water partition coefficient (Wildman–Crippen LogP) is 2.40. The van der Waals surface area contributed by atoms with Gasteiger partial charge in [0.05, 0.1) is 24.0 Å². The van der Waals surface area contributed by atoms with E-state index < -0.39 is 39.0 Å². The van der Waals surface area contributed by atoms with Gasteiger partial charge >= 0.3 is 6.36 Å². The van der Waals surface area contributed by atoms with Gasteiger partial charge in [-0.25, -0.2) is 13.4 Å². The lowest BCUT2D eigenvalue weighted by atomic mass is 10.2. The Bertz CT molecular complexity index is 1180. The van der Waals surface area contributed by atoms with Gasteiger partial charge in [-0.15, -0.1) is 13.2 Å². The van der Waals surface area contributed by atoms with Crippen molar-refractivity contribution in [2.24, 2.45) is 0 Å². The second kappa shape index (κ2) is 7.98. The van der Waals surface area contributed by atoms with Crippen LogP contribution in [0.3, 0.4) is 0 Å². The number of sulfonamides is 1. The lowest BCUT2D eigenvalue weighted by Gasteiger charge is -2.20. The van der Waals surface area contributed by atoms with Crippen LogP contribution in [0.1, 0.15) is 16.8 Å². The fraction of sp³-hybridized carbons (Fsp3) is 0.333. The van der Waals surface area contributed by atoms with Crippen molar-refractivity contribution in [2.75, 3.05) is 17.9 Å². The molecule has 0 bridgehead atoms. The summed E-state index contributed by atoms with van der Waals surface area (Å²) in [6.45, 7) is 0.192. The first-order valence-corrected chi connectivity index (χ1v) is 11.0. The smallest absolute Gasteiger partial charge is 0.475 e. The van der Waals surface area contributed by atoms with Crippen LogP contribution in [-0.4, -0.2) is 61.0 Å². The van der Waals surface area contributed by atoms with E-state index in [1.54, 1.807) is 0 Å². The van der Waals surface area contributed by atoms with Crippen LogP contribution < -0.4 is 14.2 Å². The van der Waals surface area contributed by atoms with Crippen molar-refractivity contribution >= 4 is 33.2 Å². The Kier molecular flexibility index (Phi) is 5.59. The Balaban J connectivity index is 1.66. The zero-order valence-electron chi connectivity index (χ0n) is 16.0. The van der Waals surface area contributed by atoms with Gasteiger partial charge in [0.2, 0.25) is 5.88 Å². The molecule has 2 aliphatic heterocycles. The monoisotopic (exact) mass is 493 g/mol. The summed E-state index contributed by atoms with van der Waals surface area (Å²) in [6.07, 6.45) is -4.46. The number of ether oxygens (including phenoxy) is 2. The highest BCUT2D eigenvalue weighted by molar-refractivity contribution is 7.92. The van der Waals surface area contributed by atoms with Crippen LogP contribution in [0.15, 0.2) is 35.4 Å². The van der Waals surface area contributed by atoms with Crippen molar-refractivity contribution in [1.82, 2.24) is 9.88 Å². The number of nitrogens with zero attached hydrogens (tertiary/aromatic N) is 2. The van der Waals surface area contributed by atoms with E-state index in [4.69, 9.17) is 16.3 Å². The second-order valence-corrected chi connectivity index (χ2v) is 9.22. The third kappa shape index (κ3) is 4.54. The normalized spacial score (nSPS) is 20.8. The van der Waals surface area contributed by atoms with Gasteiger partial charge in [0.25, 0.3) is 15.9 Å². The van der Waals surface area contributed by atoms with Gasteiger partial charge in [0.15, 0.2) is 0 Å². The van der Waals surface area contributed by atoms with Crippen molar-refractivity contribution in [3.63, 3.8) is 0 Å². The summed E-state index contributed by atoms with van der Waals surface area (Å²) in [5.74, 6) is -1.52. The predicted molar refractivity (Wildman–Crippen MR) is 104 cm³/mol. The summed E-state index contributed by atoms with van der Waals surface area (Å²) in [7, 11) is -4.62. The molecule has 1 amide bonds. The molecule has 0 aliphatic carbocycles. The number of amides is 1. The van der Waals surface area contributed by atoms with Gasteiger partial charge in [-0.1, -0.05) is 11.6 Å². The van der Waals surface area contributed by atoms with E-state index in [1.807, 2.05) is 0 Å². The maximum absolute atomic E-state index is 12.9. The van der Waals surface area contributed by atoms with Crippen LogP contribution in [0, 0.1) is 0 Å². The zero-order valence-corrected chi connectivity index (χ0v) is 17.5. The molecule has 1 aromatic carbocycles. The Morgan fingerprint density at radius 3 is 2.78 bits per heavy atom. The van der Waals surface area contributed by atoms with E-state index >= 15 is 0 Å². The number of aliphatic hydroxyl groups excluding tert-OH is 1. The number of fused-ring (bicyclic) bond motifs is 2. The molecule has 0 saturated carbocycles. The second-order valence-electron chi connectivity index (χ2n) is 7.13. The highest BCUT2D eigenvalue weighted by Crippen LogP contribution is 2.34. The summed E-state index contributed by atoms with van der Waals surface area (Å²) in [4.78, 5) is 17.4. The topological polar surface area (TPSA) is 118 Å². The Labute approximate surface area is 184 Å². The van der Waals surface area contributed by atoms with Crippen LogP contribution in [-0.2, 0) is 10.0 Å². The molecule has 3 heterocycles. The quantitative estimate of drug-likeness (QED) is 0.671.